The molecule has 0 amide bonds. The van der Waals surface area contributed by atoms with E-state index in [2.05, 4.69) is 5.32 Å². The van der Waals surface area contributed by atoms with Gasteiger partial charge in [0.2, 0.25) is 0 Å². The van der Waals surface area contributed by atoms with Crippen molar-refractivity contribution in [3.8, 4) is 0 Å². The normalized spacial score (nSPS) is 37.2. The number of anilines is 1. The smallest absolute Gasteiger partial charge is 0.163 e. The van der Waals surface area contributed by atoms with E-state index in [9.17, 15) is 9.50 Å². The minimum atomic E-state index is -0.967. The third kappa shape index (κ3) is 2.92. The van der Waals surface area contributed by atoms with Gasteiger partial charge in [-0.3, -0.25) is 0 Å². The van der Waals surface area contributed by atoms with Crippen molar-refractivity contribution < 1.29 is 23.7 Å². The van der Waals surface area contributed by atoms with Gasteiger partial charge in [0.15, 0.2) is 6.29 Å². The Hall–Kier alpha value is -1.21. The average Bonchev–Trinajstić information content (AvgIpc) is 3.11. The van der Waals surface area contributed by atoms with Crippen LogP contribution in [0.2, 0.25) is 0 Å². The lowest BCUT2D eigenvalue weighted by molar-refractivity contribution is -0.230. The van der Waals surface area contributed by atoms with Crippen LogP contribution in [0.4, 0.5) is 10.1 Å². The van der Waals surface area contributed by atoms with Gasteiger partial charge in [-0.15, -0.1) is 0 Å². The highest BCUT2D eigenvalue weighted by atomic mass is 19.1. The quantitative estimate of drug-likeness (QED) is 0.886. The predicted molar refractivity (Wildman–Crippen MR) is 86.2 cm³/mol. The molecule has 2 saturated heterocycles. The number of fused-ring (bicyclic) bond motifs is 1. The van der Waals surface area contributed by atoms with E-state index in [1.54, 1.807) is 12.1 Å². The van der Waals surface area contributed by atoms with E-state index < -0.39 is 5.60 Å². The lowest BCUT2D eigenvalue weighted by Crippen LogP contribution is -2.65. The third-order valence-corrected chi connectivity index (χ3v) is 5.47. The Balaban J connectivity index is 1.54. The summed E-state index contributed by atoms with van der Waals surface area (Å²) in [5.74, 6) is -0.221. The highest BCUT2D eigenvalue weighted by Gasteiger charge is 2.55. The molecule has 1 saturated carbocycles. The Morgan fingerprint density at radius 1 is 1.04 bits per heavy atom. The lowest BCUT2D eigenvalue weighted by Gasteiger charge is -2.52. The zero-order valence-electron chi connectivity index (χ0n) is 13.6. The first-order chi connectivity index (χ1) is 11.7. The van der Waals surface area contributed by atoms with Crippen molar-refractivity contribution in [1.82, 2.24) is 0 Å². The molecule has 2 unspecified atom stereocenters. The Labute approximate surface area is 141 Å². The Bertz CT molecular complexity index is 563. The number of nitrogens with one attached hydrogen (secondary N) is 1. The van der Waals surface area contributed by atoms with Crippen LogP contribution in [0.25, 0.3) is 0 Å². The van der Waals surface area contributed by atoms with E-state index in [1.807, 2.05) is 0 Å². The van der Waals surface area contributed by atoms with Crippen LogP contribution in [-0.2, 0) is 14.2 Å². The van der Waals surface area contributed by atoms with Gasteiger partial charge >= 0.3 is 0 Å². The molecule has 5 nitrogen and oxygen atoms in total. The summed E-state index contributed by atoms with van der Waals surface area (Å²) in [6, 6.07) is 6.12. The van der Waals surface area contributed by atoms with Crippen molar-refractivity contribution in [3.05, 3.63) is 30.1 Å². The van der Waals surface area contributed by atoms with Crippen molar-refractivity contribution in [2.45, 2.75) is 49.7 Å². The van der Waals surface area contributed by atoms with E-state index in [4.69, 9.17) is 14.2 Å². The molecule has 0 bridgehead atoms. The van der Waals surface area contributed by atoms with Gasteiger partial charge in [0.05, 0.1) is 25.4 Å². The molecule has 2 heterocycles. The first-order valence-electron chi connectivity index (χ1n) is 8.76. The third-order valence-electron chi connectivity index (χ3n) is 5.47. The van der Waals surface area contributed by atoms with Gasteiger partial charge in [-0.05, 0) is 49.9 Å². The van der Waals surface area contributed by atoms with Gasteiger partial charge in [-0.25, -0.2) is 4.39 Å². The molecule has 3 aliphatic rings. The maximum atomic E-state index is 13.1. The fourth-order valence-electron chi connectivity index (χ4n) is 4.33. The summed E-state index contributed by atoms with van der Waals surface area (Å²) >= 11 is 0. The fraction of sp³-hybridized carbons (Fsp3) is 0.667. The van der Waals surface area contributed by atoms with Crippen LogP contribution < -0.4 is 5.32 Å². The summed E-state index contributed by atoms with van der Waals surface area (Å²) in [5.41, 5.74) is -0.156. The highest BCUT2D eigenvalue weighted by molar-refractivity contribution is 5.45. The highest BCUT2D eigenvalue weighted by Crippen LogP contribution is 2.44. The van der Waals surface area contributed by atoms with Crippen LogP contribution in [0.5, 0.6) is 0 Å². The Morgan fingerprint density at radius 3 is 2.54 bits per heavy atom. The molecule has 3 fully saturated rings. The first kappa shape index (κ1) is 16.3. The van der Waals surface area contributed by atoms with Gasteiger partial charge in [0.25, 0.3) is 0 Å². The van der Waals surface area contributed by atoms with Gasteiger partial charge in [0, 0.05) is 18.2 Å². The monoisotopic (exact) mass is 337 g/mol. The van der Waals surface area contributed by atoms with Crippen LogP contribution in [-0.4, -0.2) is 49.0 Å². The SMILES string of the molecule is O[C@]12CCCOC1C(C1OCCO1)CC[C@H]2Nc1ccc(F)cc1. The standard InChI is InChI=1S/C18H24FNO4/c19-12-2-4-13(5-3-12)20-15-7-6-14(17-23-10-11-24-17)16-18(15,21)8-1-9-22-16/h2-5,14-17,20-21H,1,6-11H2/t14?,15-,16?,18+/m1/s1. The first-order valence-corrected chi connectivity index (χ1v) is 8.76. The van der Waals surface area contributed by atoms with E-state index >= 15 is 0 Å². The van der Waals surface area contributed by atoms with Crippen molar-refractivity contribution in [1.29, 1.82) is 0 Å². The maximum Gasteiger partial charge on any atom is 0.163 e. The summed E-state index contributed by atoms with van der Waals surface area (Å²) in [6.07, 6.45) is 2.57. The lowest BCUT2D eigenvalue weighted by atomic mass is 9.68. The van der Waals surface area contributed by atoms with Gasteiger partial charge in [0.1, 0.15) is 11.4 Å². The molecular formula is C18H24FNO4. The van der Waals surface area contributed by atoms with Crippen LogP contribution in [0.15, 0.2) is 24.3 Å². The summed E-state index contributed by atoms with van der Waals surface area (Å²) in [5, 5.41) is 14.8. The molecule has 0 spiro atoms. The molecule has 6 heteroatoms. The number of rotatable bonds is 3. The summed E-state index contributed by atoms with van der Waals surface area (Å²) in [4.78, 5) is 0. The van der Waals surface area contributed by atoms with E-state index in [-0.39, 0.29) is 30.2 Å². The predicted octanol–water partition coefficient (Wildman–Crippen LogP) is 2.30. The minimum Gasteiger partial charge on any atom is -0.385 e. The number of hydrogen-bond acceptors (Lipinski definition) is 5. The molecular weight excluding hydrogens is 313 g/mol. The minimum absolute atomic E-state index is 0.0454. The van der Waals surface area contributed by atoms with Crippen molar-refractivity contribution >= 4 is 5.69 Å². The zero-order valence-corrected chi connectivity index (χ0v) is 13.6. The average molecular weight is 337 g/mol. The second-order valence-electron chi connectivity index (χ2n) is 6.94. The van der Waals surface area contributed by atoms with E-state index in [1.165, 1.54) is 12.1 Å². The van der Waals surface area contributed by atoms with Crippen molar-refractivity contribution in [2.24, 2.45) is 5.92 Å². The molecule has 1 aliphatic carbocycles. The van der Waals surface area contributed by atoms with E-state index in [0.29, 0.717) is 26.2 Å². The second-order valence-corrected chi connectivity index (χ2v) is 6.94. The molecule has 4 atom stereocenters. The van der Waals surface area contributed by atoms with Crippen LogP contribution >= 0.6 is 0 Å². The molecule has 0 aromatic heterocycles. The number of aliphatic hydroxyl groups is 1. The second kappa shape index (κ2) is 6.59. The molecule has 1 aromatic carbocycles. The van der Waals surface area contributed by atoms with Crippen LogP contribution in [0.1, 0.15) is 25.7 Å². The van der Waals surface area contributed by atoms with Crippen molar-refractivity contribution in [2.75, 3.05) is 25.1 Å². The van der Waals surface area contributed by atoms with Gasteiger partial charge in [-0.1, -0.05) is 0 Å². The Kier molecular flexibility index (Phi) is 4.47. The van der Waals surface area contributed by atoms with E-state index in [0.717, 1.165) is 24.9 Å². The Morgan fingerprint density at radius 2 is 1.79 bits per heavy atom. The zero-order chi connectivity index (χ0) is 16.6. The van der Waals surface area contributed by atoms with Gasteiger partial charge in [-0.2, -0.15) is 0 Å². The largest absolute Gasteiger partial charge is 0.385 e. The maximum absolute atomic E-state index is 13.1. The van der Waals surface area contributed by atoms with Crippen LogP contribution in [0, 0.1) is 11.7 Å². The fourth-order valence-corrected chi connectivity index (χ4v) is 4.33. The number of ether oxygens (including phenoxy) is 3. The van der Waals surface area contributed by atoms with Gasteiger partial charge < -0.3 is 24.6 Å². The molecule has 1 aromatic rings. The summed E-state index contributed by atoms with van der Waals surface area (Å²) in [6.45, 7) is 1.85. The molecule has 2 aliphatic heterocycles. The molecule has 132 valence electrons. The van der Waals surface area contributed by atoms with Crippen LogP contribution in [0.3, 0.4) is 0 Å². The number of hydrogen-bond donors (Lipinski definition) is 2. The molecule has 2 N–H and O–H groups in total. The molecule has 0 radical (unpaired) electrons. The number of halogens is 1. The van der Waals surface area contributed by atoms with Crippen molar-refractivity contribution in [3.63, 3.8) is 0 Å². The number of benzene rings is 1. The topological polar surface area (TPSA) is 60.0 Å². The summed E-state index contributed by atoms with van der Waals surface area (Å²) < 4.78 is 30.5. The summed E-state index contributed by atoms with van der Waals surface area (Å²) in [7, 11) is 0. The molecule has 4 rings (SSSR count). The molecule has 24 heavy (non-hydrogen) atoms.